The van der Waals surface area contributed by atoms with E-state index in [4.69, 9.17) is 23.4 Å². The van der Waals surface area contributed by atoms with Crippen LogP contribution in [-0.4, -0.2) is 81.6 Å². The highest BCUT2D eigenvalue weighted by atomic mass is 35.5. The fourth-order valence-electron chi connectivity index (χ4n) is 4.94. The molecule has 0 bridgehead atoms. The molecule has 0 atom stereocenters. The molecular formula is C25H34ClN8PS. The van der Waals surface area contributed by atoms with Crippen LogP contribution in [0.25, 0.3) is 0 Å². The fraction of sp³-hybridized carbons (Fsp3) is 0.480. The smallest absolute Gasteiger partial charge is 0.229 e. The van der Waals surface area contributed by atoms with Crippen molar-refractivity contribution in [3.8, 4) is 0 Å². The SMILES string of the molecule is CCN1CCN(C2CC(n3cc(Nc4ncc(Cl)c(Nc5ccccc5P(C)(C)=S)n4)cn3)C2)CC1. The first-order valence-electron chi connectivity index (χ1n) is 12.5. The maximum atomic E-state index is 6.43. The lowest BCUT2D eigenvalue weighted by molar-refractivity contribution is 0.0351. The molecule has 8 nitrogen and oxygen atoms in total. The standard InChI is InChI=1S/C25H34ClN8PS/c1-4-32-9-11-33(12-10-32)19-13-20(14-19)34-17-18(15-28-34)29-25-27-16-21(26)24(31-25)30-22-7-5-6-8-23(22)35(2,3)36/h5-8,15-17,19-20H,4,9-14H2,1-3H3,(H2,27,29,30,31). The molecule has 1 aliphatic carbocycles. The van der Waals surface area contributed by atoms with E-state index in [0.29, 0.717) is 28.9 Å². The van der Waals surface area contributed by atoms with E-state index >= 15 is 0 Å². The van der Waals surface area contributed by atoms with Crippen LogP contribution in [0.4, 0.5) is 23.1 Å². The summed E-state index contributed by atoms with van der Waals surface area (Å²) in [5.74, 6) is 1.01. The number of anilines is 4. The zero-order valence-electron chi connectivity index (χ0n) is 21.1. The Bertz CT molecular complexity index is 1250. The number of hydrogen-bond acceptors (Lipinski definition) is 8. The van der Waals surface area contributed by atoms with E-state index in [1.165, 1.54) is 26.2 Å². The number of hydrogen-bond donors (Lipinski definition) is 2. The second kappa shape index (κ2) is 10.8. The lowest BCUT2D eigenvalue weighted by Gasteiger charge is -2.46. The summed E-state index contributed by atoms with van der Waals surface area (Å²) >= 11 is 12.2. The largest absolute Gasteiger partial charge is 0.338 e. The zero-order chi connectivity index (χ0) is 25.3. The van der Waals surface area contributed by atoms with E-state index in [2.05, 4.69) is 66.5 Å². The van der Waals surface area contributed by atoms with Gasteiger partial charge in [0.25, 0.3) is 0 Å². The number of nitrogens with zero attached hydrogens (tertiary/aromatic N) is 6. The van der Waals surface area contributed by atoms with Gasteiger partial charge in [0, 0.05) is 49.4 Å². The molecule has 3 heterocycles. The summed E-state index contributed by atoms with van der Waals surface area (Å²) in [5, 5.41) is 12.8. The van der Waals surface area contributed by atoms with Crippen molar-refractivity contribution in [2.45, 2.75) is 31.8 Å². The number of halogens is 1. The van der Waals surface area contributed by atoms with Crippen molar-refractivity contribution >= 4 is 57.9 Å². The zero-order valence-corrected chi connectivity index (χ0v) is 23.5. The van der Waals surface area contributed by atoms with Crippen LogP contribution in [0.15, 0.2) is 42.9 Å². The molecule has 2 fully saturated rings. The Morgan fingerprint density at radius 2 is 1.81 bits per heavy atom. The molecule has 1 saturated carbocycles. The third-order valence-electron chi connectivity index (χ3n) is 7.17. The van der Waals surface area contributed by atoms with Crippen molar-refractivity contribution in [3.05, 3.63) is 47.9 Å². The minimum absolute atomic E-state index is 0.444. The second-order valence-electron chi connectivity index (χ2n) is 9.97. The number of aromatic nitrogens is 4. The average Bonchev–Trinajstić information content (AvgIpc) is 3.28. The molecule has 192 valence electrons. The minimum atomic E-state index is -1.64. The molecular weight excluding hydrogens is 511 g/mol. The fourth-order valence-corrected chi connectivity index (χ4v) is 6.71. The third kappa shape index (κ3) is 5.76. The first-order chi connectivity index (χ1) is 17.3. The number of nitrogens with one attached hydrogen (secondary N) is 2. The molecule has 3 aromatic rings. The molecule has 1 aromatic carbocycles. The van der Waals surface area contributed by atoms with E-state index in [9.17, 15) is 0 Å². The van der Waals surface area contributed by atoms with Crippen LogP contribution in [0.1, 0.15) is 25.8 Å². The maximum Gasteiger partial charge on any atom is 0.229 e. The second-order valence-corrected chi connectivity index (χ2v) is 16.3. The highest BCUT2D eigenvalue weighted by molar-refractivity contribution is 8.17. The van der Waals surface area contributed by atoms with Gasteiger partial charge < -0.3 is 15.5 Å². The van der Waals surface area contributed by atoms with E-state index in [1.54, 1.807) is 6.20 Å². The molecule has 5 rings (SSSR count). The Morgan fingerprint density at radius 3 is 2.53 bits per heavy atom. The molecule has 36 heavy (non-hydrogen) atoms. The summed E-state index contributed by atoms with van der Waals surface area (Å²) in [6.07, 6.45) is 7.79. The highest BCUT2D eigenvalue weighted by Crippen LogP contribution is 2.39. The molecule has 0 amide bonds. The van der Waals surface area contributed by atoms with Crippen LogP contribution in [-0.2, 0) is 11.8 Å². The molecule has 1 saturated heterocycles. The lowest BCUT2D eigenvalue weighted by atomic mass is 9.85. The summed E-state index contributed by atoms with van der Waals surface area (Å²) < 4.78 is 2.07. The summed E-state index contributed by atoms with van der Waals surface area (Å²) in [5.41, 5.74) is 1.79. The highest BCUT2D eigenvalue weighted by Gasteiger charge is 2.36. The van der Waals surface area contributed by atoms with Gasteiger partial charge >= 0.3 is 0 Å². The first-order valence-corrected chi connectivity index (χ1v) is 16.6. The molecule has 2 aliphatic rings. The Hall–Kier alpha value is -2.03. The summed E-state index contributed by atoms with van der Waals surface area (Å²) in [6, 6.07) is 7.55. The van der Waals surface area contributed by atoms with Crippen molar-refractivity contribution in [1.29, 1.82) is 0 Å². The van der Waals surface area contributed by atoms with Crippen LogP contribution >= 0.6 is 17.6 Å². The Labute approximate surface area is 223 Å². The molecule has 0 spiro atoms. The van der Waals surface area contributed by atoms with Gasteiger partial charge in [-0.15, -0.1) is 0 Å². The minimum Gasteiger partial charge on any atom is -0.338 e. The van der Waals surface area contributed by atoms with Gasteiger partial charge in [-0.05, 0) is 44.8 Å². The summed E-state index contributed by atoms with van der Waals surface area (Å²) in [7, 11) is 0. The van der Waals surface area contributed by atoms with Crippen molar-refractivity contribution < 1.29 is 0 Å². The normalized spacial score (nSPS) is 21.2. The molecule has 1 aliphatic heterocycles. The first kappa shape index (κ1) is 25.6. The molecule has 0 unspecified atom stereocenters. The van der Waals surface area contributed by atoms with E-state index in [-0.39, 0.29) is 0 Å². The van der Waals surface area contributed by atoms with Gasteiger partial charge in [-0.3, -0.25) is 9.58 Å². The van der Waals surface area contributed by atoms with Crippen LogP contribution in [0.3, 0.4) is 0 Å². The van der Waals surface area contributed by atoms with Crippen molar-refractivity contribution in [2.24, 2.45) is 0 Å². The maximum absolute atomic E-state index is 6.43. The topological polar surface area (TPSA) is 74.1 Å². The monoisotopic (exact) mass is 544 g/mol. The average molecular weight is 545 g/mol. The van der Waals surface area contributed by atoms with Crippen LogP contribution in [0.2, 0.25) is 5.02 Å². The van der Waals surface area contributed by atoms with Gasteiger partial charge in [0.2, 0.25) is 5.95 Å². The molecule has 2 aromatic heterocycles. The van der Waals surface area contributed by atoms with E-state index in [0.717, 1.165) is 36.1 Å². The van der Waals surface area contributed by atoms with Gasteiger partial charge in [-0.25, -0.2) is 4.98 Å². The number of piperazine rings is 1. The van der Waals surface area contributed by atoms with Gasteiger partial charge in [0.1, 0.15) is 5.02 Å². The number of likely N-dealkylation sites (N-methyl/N-ethyl adjacent to an activating group) is 1. The predicted molar refractivity (Wildman–Crippen MR) is 154 cm³/mol. The Morgan fingerprint density at radius 1 is 1.06 bits per heavy atom. The van der Waals surface area contributed by atoms with Gasteiger partial charge in [-0.1, -0.05) is 48.5 Å². The van der Waals surface area contributed by atoms with Crippen LogP contribution in [0.5, 0.6) is 0 Å². The van der Waals surface area contributed by atoms with Crippen LogP contribution < -0.4 is 15.9 Å². The molecule has 0 radical (unpaired) electrons. The summed E-state index contributed by atoms with van der Waals surface area (Å²) in [6.45, 7) is 12.4. The summed E-state index contributed by atoms with van der Waals surface area (Å²) in [4.78, 5) is 14.2. The van der Waals surface area contributed by atoms with Gasteiger partial charge in [0.15, 0.2) is 5.82 Å². The lowest BCUT2D eigenvalue weighted by Crippen LogP contribution is -2.54. The van der Waals surface area contributed by atoms with Gasteiger partial charge in [0.05, 0.1) is 24.1 Å². The van der Waals surface area contributed by atoms with Crippen molar-refractivity contribution in [3.63, 3.8) is 0 Å². The van der Waals surface area contributed by atoms with Crippen molar-refractivity contribution in [1.82, 2.24) is 29.5 Å². The van der Waals surface area contributed by atoms with Crippen LogP contribution in [0, 0.1) is 0 Å². The van der Waals surface area contributed by atoms with Crippen molar-refractivity contribution in [2.75, 3.05) is 56.7 Å². The predicted octanol–water partition coefficient (Wildman–Crippen LogP) is 4.52. The van der Waals surface area contributed by atoms with E-state index in [1.807, 2.05) is 30.6 Å². The number of rotatable bonds is 8. The number of para-hydroxylation sites is 1. The Balaban J connectivity index is 1.21. The number of benzene rings is 1. The molecule has 11 heteroatoms. The van der Waals surface area contributed by atoms with E-state index < -0.39 is 6.04 Å². The molecule has 2 N–H and O–H groups in total. The van der Waals surface area contributed by atoms with Gasteiger partial charge in [-0.2, -0.15) is 10.1 Å². The Kier molecular flexibility index (Phi) is 7.65. The quantitative estimate of drug-likeness (QED) is 0.401. The third-order valence-corrected chi connectivity index (χ3v) is 9.59.